The number of aromatic nitrogens is 2. The summed E-state index contributed by atoms with van der Waals surface area (Å²) in [6, 6.07) is 5.45. The van der Waals surface area contributed by atoms with Gasteiger partial charge < -0.3 is 15.2 Å². The number of nitrogens with two attached hydrogens (primary N) is 1. The molecule has 0 aliphatic rings. The zero-order valence-corrected chi connectivity index (χ0v) is 8.52. The van der Waals surface area contributed by atoms with Crippen LogP contribution in [-0.2, 0) is 0 Å². The molecule has 1 heterocycles. The lowest BCUT2D eigenvalue weighted by molar-refractivity contribution is 0.403. The van der Waals surface area contributed by atoms with Crippen molar-refractivity contribution in [3.63, 3.8) is 0 Å². The van der Waals surface area contributed by atoms with Crippen LogP contribution in [0.25, 0.3) is 10.9 Å². The lowest BCUT2D eigenvalue weighted by atomic mass is 10.2. The normalized spacial score (nSPS) is 10.3. The summed E-state index contributed by atoms with van der Waals surface area (Å²) in [7, 11) is 3.15. The van der Waals surface area contributed by atoms with Gasteiger partial charge in [-0.1, -0.05) is 0 Å². The van der Waals surface area contributed by atoms with Crippen molar-refractivity contribution in [3.05, 3.63) is 18.2 Å². The van der Waals surface area contributed by atoms with E-state index in [0.29, 0.717) is 11.4 Å². The van der Waals surface area contributed by atoms with Crippen molar-refractivity contribution in [3.8, 4) is 11.6 Å². The van der Waals surface area contributed by atoms with E-state index in [2.05, 4.69) is 9.97 Å². The number of methoxy groups -OCH3 is 2. The predicted octanol–water partition coefficient (Wildman–Crippen LogP) is 1.23. The fourth-order valence-corrected chi connectivity index (χ4v) is 1.38. The summed E-state index contributed by atoms with van der Waals surface area (Å²) >= 11 is 0. The number of hydrogen-bond donors (Lipinski definition) is 1. The van der Waals surface area contributed by atoms with E-state index in [1.165, 1.54) is 0 Å². The second-order valence-electron chi connectivity index (χ2n) is 2.97. The molecule has 0 spiro atoms. The number of ether oxygens (including phenoxy) is 2. The molecule has 0 saturated carbocycles. The van der Waals surface area contributed by atoms with Gasteiger partial charge in [0, 0.05) is 6.07 Å². The first-order chi connectivity index (χ1) is 7.24. The van der Waals surface area contributed by atoms with Gasteiger partial charge in [-0.2, -0.15) is 4.98 Å². The number of hydrogen-bond acceptors (Lipinski definition) is 5. The molecule has 5 nitrogen and oxygen atoms in total. The minimum atomic E-state index is 0.188. The Hall–Kier alpha value is -2.04. The summed E-state index contributed by atoms with van der Waals surface area (Å²) in [6.45, 7) is 0. The van der Waals surface area contributed by atoms with Crippen molar-refractivity contribution < 1.29 is 9.47 Å². The summed E-state index contributed by atoms with van der Waals surface area (Å²) in [5, 5.41) is 0.813. The third-order valence-electron chi connectivity index (χ3n) is 2.08. The molecule has 0 radical (unpaired) electrons. The molecule has 2 aromatic rings. The molecule has 0 aliphatic heterocycles. The van der Waals surface area contributed by atoms with E-state index in [0.717, 1.165) is 11.1 Å². The Bertz CT molecular complexity index is 499. The van der Waals surface area contributed by atoms with Crippen LogP contribution in [0.2, 0.25) is 0 Å². The van der Waals surface area contributed by atoms with Gasteiger partial charge in [0.25, 0.3) is 0 Å². The first kappa shape index (κ1) is 9.51. The molecular formula is C10H11N3O2. The smallest absolute Gasteiger partial charge is 0.225 e. The predicted molar refractivity (Wildman–Crippen MR) is 57.1 cm³/mol. The molecule has 0 bridgehead atoms. The number of fused-ring (bicyclic) bond motifs is 1. The fraction of sp³-hybridized carbons (Fsp3) is 0.200. The van der Waals surface area contributed by atoms with Crippen LogP contribution in [0.4, 0.5) is 5.95 Å². The Morgan fingerprint density at radius 3 is 2.60 bits per heavy atom. The molecule has 1 aromatic heterocycles. The van der Waals surface area contributed by atoms with E-state index in [1.807, 2.05) is 12.1 Å². The minimum absolute atomic E-state index is 0.188. The Labute approximate surface area is 86.8 Å². The number of rotatable bonds is 2. The zero-order valence-electron chi connectivity index (χ0n) is 8.52. The van der Waals surface area contributed by atoms with Crippen LogP contribution < -0.4 is 15.2 Å². The summed E-state index contributed by atoms with van der Waals surface area (Å²) < 4.78 is 10.2. The van der Waals surface area contributed by atoms with Gasteiger partial charge in [0.1, 0.15) is 5.75 Å². The average molecular weight is 205 g/mol. The molecule has 0 unspecified atom stereocenters. The first-order valence-electron chi connectivity index (χ1n) is 4.40. The lowest BCUT2D eigenvalue weighted by Crippen LogP contribution is -1.98. The van der Waals surface area contributed by atoms with Crippen LogP contribution in [0.3, 0.4) is 0 Å². The molecule has 0 fully saturated rings. The van der Waals surface area contributed by atoms with E-state index in [-0.39, 0.29) is 5.95 Å². The van der Waals surface area contributed by atoms with Gasteiger partial charge in [-0.25, -0.2) is 4.98 Å². The van der Waals surface area contributed by atoms with Crippen molar-refractivity contribution >= 4 is 16.9 Å². The van der Waals surface area contributed by atoms with E-state index < -0.39 is 0 Å². The van der Waals surface area contributed by atoms with Gasteiger partial charge in [0.15, 0.2) is 0 Å². The first-order valence-corrected chi connectivity index (χ1v) is 4.40. The van der Waals surface area contributed by atoms with Gasteiger partial charge in [-0.05, 0) is 12.1 Å². The summed E-state index contributed by atoms with van der Waals surface area (Å²) in [5.74, 6) is 1.38. The summed E-state index contributed by atoms with van der Waals surface area (Å²) in [4.78, 5) is 8.08. The molecule has 15 heavy (non-hydrogen) atoms. The minimum Gasteiger partial charge on any atom is -0.497 e. The van der Waals surface area contributed by atoms with E-state index in [1.54, 1.807) is 20.3 Å². The van der Waals surface area contributed by atoms with Crippen molar-refractivity contribution in [1.82, 2.24) is 9.97 Å². The summed E-state index contributed by atoms with van der Waals surface area (Å²) in [6.07, 6.45) is 0. The van der Waals surface area contributed by atoms with Crippen LogP contribution in [0.15, 0.2) is 18.2 Å². The van der Waals surface area contributed by atoms with Crippen molar-refractivity contribution in [2.24, 2.45) is 0 Å². The highest BCUT2D eigenvalue weighted by atomic mass is 16.5. The summed E-state index contributed by atoms with van der Waals surface area (Å²) in [5.41, 5.74) is 6.26. The second-order valence-corrected chi connectivity index (χ2v) is 2.97. The molecule has 5 heteroatoms. The van der Waals surface area contributed by atoms with Crippen LogP contribution in [0, 0.1) is 0 Å². The quantitative estimate of drug-likeness (QED) is 0.798. The number of anilines is 1. The number of nitrogens with zero attached hydrogens (tertiary/aromatic N) is 2. The SMILES string of the molecule is COc1ccc2c(OC)nc(N)nc2c1. The Morgan fingerprint density at radius 2 is 1.93 bits per heavy atom. The third kappa shape index (κ3) is 1.63. The van der Waals surface area contributed by atoms with Crippen LogP contribution >= 0.6 is 0 Å². The Balaban J connectivity index is 2.72. The Morgan fingerprint density at radius 1 is 1.13 bits per heavy atom. The van der Waals surface area contributed by atoms with Crippen molar-refractivity contribution in [1.29, 1.82) is 0 Å². The van der Waals surface area contributed by atoms with Crippen molar-refractivity contribution in [2.75, 3.05) is 20.0 Å². The monoisotopic (exact) mass is 205 g/mol. The van der Waals surface area contributed by atoms with Crippen LogP contribution in [-0.4, -0.2) is 24.2 Å². The maximum absolute atomic E-state index is 5.55. The highest BCUT2D eigenvalue weighted by Crippen LogP contribution is 2.26. The Kier molecular flexibility index (Phi) is 2.29. The largest absolute Gasteiger partial charge is 0.497 e. The highest BCUT2D eigenvalue weighted by molar-refractivity contribution is 5.85. The number of benzene rings is 1. The molecule has 2 N–H and O–H groups in total. The topological polar surface area (TPSA) is 70.3 Å². The molecule has 0 saturated heterocycles. The lowest BCUT2D eigenvalue weighted by Gasteiger charge is -2.06. The fourth-order valence-electron chi connectivity index (χ4n) is 1.38. The van der Waals surface area contributed by atoms with Crippen LogP contribution in [0.1, 0.15) is 0 Å². The highest BCUT2D eigenvalue weighted by Gasteiger charge is 2.06. The van der Waals surface area contributed by atoms with Gasteiger partial charge in [0.05, 0.1) is 25.1 Å². The molecule has 78 valence electrons. The average Bonchev–Trinajstić information content (AvgIpc) is 2.26. The second kappa shape index (κ2) is 3.61. The third-order valence-corrected chi connectivity index (χ3v) is 2.08. The van der Waals surface area contributed by atoms with Gasteiger partial charge in [-0.3, -0.25) is 0 Å². The zero-order chi connectivity index (χ0) is 10.8. The standard InChI is InChI=1S/C10H11N3O2/c1-14-6-3-4-7-8(5-6)12-10(11)13-9(7)15-2/h3-5H,1-2H3,(H2,11,12,13). The molecule has 1 aromatic carbocycles. The van der Waals surface area contributed by atoms with Gasteiger partial charge >= 0.3 is 0 Å². The van der Waals surface area contributed by atoms with Crippen molar-refractivity contribution in [2.45, 2.75) is 0 Å². The van der Waals surface area contributed by atoms with Crippen LogP contribution in [0.5, 0.6) is 11.6 Å². The molecule has 0 atom stereocenters. The maximum Gasteiger partial charge on any atom is 0.225 e. The maximum atomic E-state index is 5.55. The van der Waals surface area contributed by atoms with E-state index in [4.69, 9.17) is 15.2 Å². The molecule has 0 amide bonds. The number of nitrogen functional groups attached to an aromatic ring is 1. The van der Waals surface area contributed by atoms with Gasteiger partial charge in [0.2, 0.25) is 11.8 Å². The van der Waals surface area contributed by atoms with E-state index >= 15 is 0 Å². The molecular weight excluding hydrogens is 194 g/mol. The van der Waals surface area contributed by atoms with E-state index in [9.17, 15) is 0 Å². The molecule has 0 aliphatic carbocycles. The van der Waals surface area contributed by atoms with Gasteiger partial charge in [-0.15, -0.1) is 0 Å². The molecule has 2 rings (SSSR count).